The average Bonchev–Trinajstić information content (AvgIpc) is 2.34. The second kappa shape index (κ2) is 5.00. The molecule has 0 bridgehead atoms. The van der Waals surface area contributed by atoms with Gasteiger partial charge in [0.05, 0.1) is 4.92 Å². The first kappa shape index (κ1) is 12.3. The maximum Gasteiger partial charge on any atom is 0.269 e. The summed E-state index contributed by atoms with van der Waals surface area (Å²) in [6.07, 6.45) is 0.730. The molecule has 0 radical (unpaired) electrons. The molecule has 0 spiro atoms. The van der Waals surface area contributed by atoms with Crippen LogP contribution in [-0.4, -0.2) is 4.92 Å². The van der Waals surface area contributed by atoms with Crippen molar-refractivity contribution in [2.45, 2.75) is 20.3 Å². The van der Waals surface area contributed by atoms with Gasteiger partial charge in [-0.2, -0.15) is 0 Å². The Morgan fingerprint density at radius 1 is 1.06 bits per heavy atom. The molecule has 0 heterocycles. The van der Waals surface area contributed by atoms with Crippen LogP contribution in [0.25, 0.3) is 0 Å². The summed E-state index contributed by atoms with van der Waals surface area (Å²) in [5.74, 6) is 0. The smallest absolute Gasteiger partial charge is 0.258 e. The first-order valence-corrected chi connectivity index (χ1v) is 5.86. The molecule has 0 saturated carbocycles. The standard InChI is InChI=1S/C15H15NO2/c1-11-3-6-13(7-4-11)9-14-10-15(16(17)18)8-5-12(14)2/h3-8,10H,9H2,1-2H3. The lowest BCUT2D eigenvalue weighted by Gasteiger charge is -2.06. The monoisotopic (exact) mass is 241 g/mol. The lowest BCUT2D eigenvalue weighted by molar-refractivity contribution is -0.384. The summed E-state index contributed by atoms with van der Waals surface area (Å²) in [4.78, 5) is 10.4. The molecule has 0 N–H and O–H groups in total. The molecule has 0 aromatic heterocycles. The van der Waals surface area contributed by atoms with E-state index in [2.05, 4.69) is 24.3 Å². The minimum atomic E-state index is -0.349. The van der Waals surface area contributed by atoms with Crippen molar-refractivity contribution in [1.82, 2.24) is 0 Å². The van der Waals surface area contributed by atoms with E-state index in [-0.39, 0.29) is 10.6 Å². The molecule has 2 rings (SSSR count). The van der Waals surface area contributed by atoms with E-state index in [0.717, 1.165) is 17.5 Å². The minimum Gasteiger partial charge on any atom is -0.258 e. The van der Waals surface area contributed by atoms with E-state index in [1.165, 1.54) is 11.1 Å². The summed E-state index contributed by atoms with van der Waals surface area (Å²) < 4.78 is 0. The molecule has 2 aromatic carbocycles. The maximum absolute atomic E-state index is 10.8. The number of benzene rings is 2. The number of hydrogen-bond acceptors (Lipinski definition) is 2. The van der Waals surface area contributed by atoms with Crippen molar-refractivity contribution in [2.24, 2.45) is 0 Å². The third-order valence-corrected chi connectivity index (χ3v) is 3.06. The second-order valence-corrected chi connectivity index (χ2v) is 4.53. The van der Waals surface area contributed by atoms with Gasteiger partial charge < -0.3 is 0 Å². The summed E-state index contributed by atoms with van der Waals surface area (Å²) in [5.41, 5.74) is 4.63. The molecule has 0 fully saturated rings. The SMILES string of the molecule is Cc1ccc(Cc2cc([N+](=O)[O-])ccc2C)cc1. The Balaban J connectivity index is 2.30. The lowest BCUT2D eigenvalue weighted by Crippen LogP contribution is -1.95. The van der Waals surface area contributed by atoms with Gasteiger partial charge >= 0.3 is 0 Å². The van der Waals surface area contributed by atoms with Gasteiger partial charge in [-0.05, 0) is 37.0 Å². The van der Waals surface area contributed by atoms with Gasteiger partial charge in [-0.1, -0.05) is 35.9 Å². The summed E-state index contributed by atoms with van der Waals surface area (Å²) in [6, 6.07) is 13.3. The highest BCUT2D eigenvalue weighted by molar-refractivity contribution is 5.41. The first-order valence-electron chi connectivity index (χ1n) is 5.86. The molecule has 0 saturated heterocycles. The molecule has 0 aliphatic heterocycles. The summed E-state index contributed by atoms with van der Waals surface area (Å²) in [7, 11) is 0. The van der Waals surface area contributed by atoms with Crippen LogP contribution in [0.1, 0.15) is 22.3 Å². The van der Waals surface area contributed by atoms with Crippen LogP contribution < -0.4 is 0 Å². The molecule has 92 valence electrons. The fourth-order valence-corrected chi connectivity index (χ4v) is 1.89. The van der Waals surface area contributed by atoms with E-state index in [4.69, 9.17) is 0 Å². The van der Waals surface area contributed by atoms with Crippen LogP contribution in [0.2, 0.25) is 0 Å². The number of nitro groups is 1. The Morgan fingerprint density at radius 2 is 1.72 bits per heavy atom. The van der Waals surface area contributed by atoms with E-state index in [0.29, 0.717) is 0 Å². The fraction of sp³-hybridized carbons (Fsp3) is 0.200. The molecule has 0 aliphatic rings. The Bertz CT molecular complexity index is 574. The van der Waals surface area contributed by atoms with Gasteiger partial charge in [-0.15, -0.1) is 0 Å². The Morgan fingerprint density at radius 3 is 2.33 bits per heavy atom. The van der Waals surface area contributed by atoms with Gasteiger partial charge in [0, 0.05) is 12.1 Å². The molecule has 3 nitrogen and oxygen atoms in total. The highest BCUT2D eigenvalue weighted by Crippen LogP contribution is 2.20. The van der Waals surface area contributed by atoms with E-state index in [1.807, 2.05) is 19.9 Å². The van der Waals surface area contributed by atoms with Crippen LogP contribution >= 0.6 is 0 Å². The maximum atomic E-state index is 10.8. The molecular formula is C15H15NO2. The zero-order valence-electron chi connectivity index (χ0n) is 10.5. The number of nitro benzene ring substituents is 1. The molecule has 0 unspecified atom stereocenters. The topological polar surface area (TPSA) is 43.1 Å². The van der Waals surface area contributed by atoms with Crippen molar-refractivity contribution in [2.75, 3.05) is 0 Å². The third kappa shape index (κ3) is 2.74. The predicted octanol–water partition coefficient (Wildman–Crippen LogP) is 3.80. The normalized spacial score (nSPS) is 10.3. The molecule has 18 heavy (non-hydrogen) atoms. The molecule has 3 heteroatoms. The average molecular weight is 241 g/mol. The van der Waals surface area contributed by atoms with Gasteiger partial charge in [0.15, 0.2) is 0 Å². The molecule has 2 aromatic rings. The van der Waals surface area contributed by atoms with Crippen LogP contribution in [0.3, 0.4) is 0 Å². The van der Waals surface area contributed by atoms with Crippen molar-refractivity contribution in [3.63, 3.8) is 0 Å². The van der Waals surface area contributed by atoms with Gasteiger partial charge in [-0.25, -0.2) is 0 Å². The Kier molecular flexibility index (Phi) is 3.42. The summed E-state index contributed by atoms with van der Waals surface area (Å²) in [6.45, 7) is 4.02. The van der Waals surface area contributed by atoms with Crippen molar-refractivity contribution in [1.29, 1.82) is 0 Å². The largest absolute Gasteiger partial charge is 0.269 e. The highest BCUT2D eigenvalue weighted by Gasteiger charge is 2.08. The number of hydrogen-bond donors (Lipinski definition) is 0. The van der Waals surface area contributed by atoms with E-state index >= 15 is 0 Å². The zero-order chi connectivity index (χ0) is 13.1. The predicted molar refractivity (Wildman–Crippen MR) is 71.8 cm³/mol. The van der Waals surface area contributed by atoms with Crippen LogP contribution in [0.5, 0.6) is 0 Å². The quantitative estimate of drug-likeness (QED) is 0.606. The van der Waals surface area contributed by atoms with Crippen LogP contribution in [-0.2, 0) is 6.42 Å². The van der Waals surface area contributed by atoms with Crippen LogP contribution in [0, 0.1) is 24.0 Å². The summed E-state index contributed by atoms with van der Waals surface area (Å²) in [5, 5.41) is 10.8. The molecular weight excluding hydrogens is 226 g/mol. The number of nitrogens with zero attached hydrogens (tertiary/aromatic N) is 1. The van der Waals surface area contributed by atoms with Crippen molar-refractivity contribution in [3.05, 3.63) is 74.8 Å². The van der Waals surface area contributed by atoms with E-state index in [9.17, 15) is 10.1 Å². The second-order valence-electron chi connectivity index (χ2n) is 4.53. The van der Waals surface area contributed by atoms with E-state index < -0.39 is 0 Å². The fourth-order valence-electron chi connectivity index (χ4n) is 1.89. The van der Waals surface area contributed by atoms with Gasteiger partial charge in [0.2, 0.25) is 0 Å². The lowest BCUT2D eigenvalue weighted by atomic mass is 9.99. The summed E-state index contributed by atoms with van der Waals surface area (Å²) >= 11 is 0. The van der Waals surface area contributed by atoms with Crippen molar-refractivity contribution in [3.8, 4) is 0 Å². The molecule has 0 amide bonds. The van der Waals surface area contributed by atoms with Gasteiger partial charge in [-0.3, -0.25) is 10.1 Å². The van der Waals surface area contributed by atoms with Gasteiger partial charge in [0.1, 0.15) is 0 Å². The Labute approximate surface area is 106 Å². The minimum absolute atomic E-state index is 0.155. The van der Waals surface area contributed by atoms with E-state index in [1.54, 1.807) is 12.1 Å². The first-order chi connectivity index (χ1) is 8.56. The molecule has 0 atom stereocenters. The van der Waals surface area contributed by atoms with Crippen LogP contribution in [0.15, 0.2) is 42.5 Å². The zero-order valence-corrected chi connectivity index (χ0v) is 10.5. The molecule has 0 aliphatic carbocycles. The van der Waals surface area contributed by atoms with Crippen molar-refractivity contribution < 1.29 is 4.92 Å². The van der Waals surface area contributed by atoms with Gasteiger partial charge in [0.25, 0.3) is 5.69 Å². The number of rotatable bonds is 3. The number of non-ortho nitro benzene ring substituents is 1. The van der Waals surface area contributed by atoms with Crippen molar-refractivity contribution >= 4 is 5.69 Å². The third-order valence-electron chi connectivity index (χ3n) is 3.06. The van der Waals surface area contributed by atoms with Crippen LogP contribution in [0.4, 0.5) is 5.69 Å². The number of aryl methyl sites for hydroxylation is 2. The Hall–Kier alpha value is -2.16. The highest BCUT2D eigenvalue weighted by atomic mass is 16.6.